The van der Waals surface area contributed by atoms with Crippen LogP contribution in [0.1, 0.15) is 36.8 Å². The van der Waals surface area contributed by atoms with Gasteiger partial charge < -0.3 is 5.73 Å². The van der Waals surface area contributed by atoms with Crippen molar-refractivity contribution < 1.29 is 0 Å². The number of fused-ring (bicyclic) bond motifs is 1. The molecule has 0 fully saturated rings. The Morgan fingerprint density at radius 1 is 1.47 bits per heavy atom. The molecule has 0 bridgehead atoms. The summed E-state index contributed by atoms with van der Waals surface area (Å²) in [4.78, 5) is 4.43. The number of nitrogens with zero attached hydrogens (tertiary/aromatic N) is 1. The number of rotatable bonds is 4. The number of aliphatic imine (C=N–C) groups is 1. The van der Waals surface area contributed by atoms with Crippen molar-refractivity contribution in [3.8, 4) is 0 Å². The molecule has 2 heteroatoms. The maximum Gasteiger partial charge on any atom is 0.0937 e. The van der Waals surface area contributed by atoms with Crippen LogP contribution in [-0.4, -0.2) is 12.4 Å². The van der Waals surface area contributed by atoms with Crippen LogP contribution in [-0.2, 0) is 6.42 Å². The van der Waals surface area contributed by atoms with Crippen molar-refractivity contribution in [2.24, 2.45) is 10.7 Å². The highest BCUT2D eigenvalue weighted by Gasteiger charge is 2.24. The fraction of sp³-hybridized carbons (Fsp3) is 0.462. The normalized spacial score (nSPS) is 19.5. The Morgan fingerprint density at radius 2 is 2.27 bits per heavy atom. The minimum atomic E-state index is 0.608. The van der Waals surface area contributed by atoms with E-state index in [0.717, 1.165) is 25.2 Å². The zero-order chi connectivity index (χ0) is 10.7. The molecular weight excluding hydrogens is 184 g/mol. The van der Waals surface area contributed by atoms with E-state index in [1.807, 2.05) is 0 Å². The van der Waals surface area contributed by atoms with Crippen LogP contribution in [0.4, 0.5) is 0 Å². The molecule has 15 heavy (non-hydrogen) atoms. The second-order valence-electron chi connectivity index (χ2n) is 4.18. The maximum atomic E-state index is 5.78. The van der Waals surface area contributed by atoms with Gasteiger partial charge >= 0.3 is 0 Å². The smallest absolute Gasteiger partial charge is 0.0937 e. The third kappa shape index (κ3) is 2.20. The molecule has 0 aromatic heterocycles. The summed E-state index contributed by atoms with van der Waals surface area (Å²) < 4.78 is 0. The molecule has 0 spiro atoms. The van der Waals surface area contributed by atoms with Gasteiger partial charge in [-0.3, -0.25) is 4.99 Å². The van der Waals surface area contributed by atoms with Crippen LogP contribution in [0.2, 0.25) is 0 Å². The summed E-state index contributed by atoms with van der Waals surface area (Å²) in [6.45, 7) is 2.99. The van der Waals surface area contributed by atoms with E-state index in [1.165, 1.54) is 17.5 Å². The third-order valence-electron chi connectivity index (χ3n) is 2.98. The number of nitrogens with two attached hydrogens (primary N) is 1. The summed E-state index contributed by atoms with van der Waals surface area (Å²) in [5.74, 6) is 1.42. The van der Waals surface area contributed by atoms with Gasteiger partial charge in [-0.05, 0) is 24.0 Å². The van der Waals surface area contributed by atoms with Crippen LogP contribution >= 0.6 is 0 Å². The van der Waals surface area contributed by atoms with Crippen molar-refractivity contribution in [3.05, 3.63) is 35.4 Å². The van der Waals surface area contributed by atoms with Gasteiger partial charge in [0.1, 0.15) is 0 Å². The Balaban J connectivity index is 1.92. The molecule has 1 unspecified atom stereocenters. The van der Waals surface area contributed by atoms with Crippen LogP contribution in [0.3, 0.4) is 0 Å². The Labute approximate surface area is 91.2 Å². The molecule has 2 rings (SSSR count). The lowest BCUT2D eigenvalue weighted by Gasteiger charge is -2.28. The summed E-state index contributed by atoms with van der Waals surface area (Å²) in [7, 11) is 0. The van der Waals surface area contributed by atoms with Crippen molar-refractivity contribution in [2.45, 2.75) is 32.1 Å². The molecule has 1 atom stereocenters. The Bertz CT molecular complexity index is 369. The first-order valence-corrected chi connectivity index (χ1v) is 5.68. The van der Waals surface area contributed by atoms with E-state index in [9.17, 15) is 0 Å². The van der Waals surface area contributed by atoms with Gasteiger partial charge in [0.25, 0.3) is 0 Å². The summed E-state index contributed by atoms with van der Waals surface area (Å²) >= 11 is 0. The van der Waals surface area contributed by atoms with Gasteiger partial charge in [-0.2, -0.15) is 0 Å². The van der Waals surface area contributed by atoms with Crippen LogP contribution in [0.15, 0.2) is 29.3 Å². The van der Waals surface area contributed by atoms with E-state index in [2.05, 4.69) is 36.2 Å². The van der Waals surface area contributed by atoms with Gasteiger partial charge in [0, 0.05) is 18.9 Å². The fourth-order valence-corrected chi connectivity index (χ4v) is 2.09. The minimum absolute atomic E-state index is 0.608. The highest BCUT2D eigenvalue weighted by atomic mass is 14.9. The standard InChI is InChI=1S/C13H18N2/c1-2-5-13(14)15-9-11-8-10-6-3-4-7-12(10)11/h3-4,6-7,11H,2,5,8-9H2,1H3,(H2,14,15). The Morgan fingerprint density at radius 3 is 3.00 bits per heavy atom. The lowest BCUT2D eigenvalue weighted by atomic mass is 9.78. The van der Waals surface area contributed by atoms with Gasteiger partial charge in [-0.15, -0.1) is 0 Å². The summed E-state index contributed by atoms with van der Waals surface area (Å²) in [5, 5.41) is 0. The van der Waals surface area contributed by atoms with Gasteiger partial charge in [-0.1, -0.05) is 31.2 Å². The molecule has 0 amide bonds. The monoisotopic (exact) mass is 202 g/mol. The first-order chi connectivity index (χ1) is 7.31. The van der Waals surface area contributed by atoms with Gasteiger partial charge in [0.15, 0.2) is 0 Å². The average molecular weight is 202 g/mol. The molecule has 1 aromatic rings. The molecule has 0 aliphatic heterocycles. The first-order valence-electron chi connectivity index (χ1n) is 5.68. The van der Waals surface area contributed by atoms with Crippen LogP contribution in [0, 0.1) is 0 Å². The molecule has 0 heterocycles. The predicted octanol–water partition coefficient (Wildman–Crippen LogP) is 2.48. The van der Waals surface area contributed by atoms with Gasteiger partial charge in [0.2, 0.25) is 0 Å². The highest BCUT2D eigenvalue weighted by Crippen LogP contribution is 2.34. The van der Waals surface area contributed by atoms with Crippen molar-refractivity contribution >= 4 is 5.84 Å². The largest absolute Gasteiger partial charge is 0.387 e. The van der Waals surface area contributed by atoms with Crippen LogP contribution in [0.25, 0.3) is 0 Å². The summed E-state index contributed by atoms with van der Waals surface area (Å²) in [6, 6.07) is 8.61. The lowest BCUT2D eigenvalue weighted by molar-refractivity contribution is 0.618. The summed E-state index contributed by atoms with van der Waals surface area (Å²) in [6.07, 6.45) is 3.17. The molecule has 0 radical (unpaired) electrons. The first kappa shape index (κ1) is 10.2. The Kier molecular flexibility index (Phi) is 3.05. The van der Waals surface area contributed by atoms with Gasteiger partial charge in [0.05, 0.1) is 5.84 Å². The van der Waals surface area contributed by atoms with Crippen molar-refractivity contribution in [2.75, 3.05) is 6.54 Å². The third-order valence-corrected chi connectivity index (χ3v) is 2.98. The fourth-order valence-electron chi connectivity index (χ4n) is 2.09. The number of benzene rings is 1. The quantitative estimate of drug-likeness (QED) is 0.591. The van der Waals surface area contributed by atoms with Crippen molar-refractivity contribution in [1.82, 2.24) is 0 Å². The predicted molar refractivity (Wildman–Crippen MR) is 64.3 cm³/mol. The zero-order valence-electron chi connectivity index (χ0n) is 9.24. The zero-order valence-corrected chi connectivity index (χ0v) is 9.24. The van der Waals surface area contributed by atoms with E-state index >= 15 is 0 Å². The number of hydrogen-bond acceptors (Lipinski definition) is 1. The van der Waals surface area contributed by atoms with E-state index in [0.29, 0.717) is 5.92 Å². The molecule has 2 nitrogen and oxygen atoms in total. The topological polar surface area (TPSA) is 38.4 Å². The molecular formula is C13H18N2. The molecule has 2 N–H and O–H groups in total. The number of amidine groups is 1. The molecule has 0 saturated carbocycles. The second-order valence-corrected chi connectivity index (χ2v) is 4.18. The van der Waals surface area contributed by atoms with E-state index < -0.39 is 0 Å². The van der Waals surface area contributed by atoms with E-state index in [4.69, 9.17) is 5.73 Å². The van der Waals surface area contributed by atoms with Crippen LogP contribution < -0.4 is 5.73 Å². The maximum absolute atomic E-state index is 5.78. The highest BCUT2D eigenvalue weighted by molar-refractivity contribution is 5.80. The van der Waals surface area contributed by atoms with Crippen LogP contribution in [0.5, 0.6) is 0 Å². The summed E-state index contributed by atoms with van der Waals surface area (Å²) in [5.41, 5.74) is 8.72. The lowest BCUT2D eigenvalue weighted by Crippen LogP contribution is -2.21. The molecule has 1 aliphatic rings. The SMILES string of the molecule is CCCC(N)=NCC1Cc2ccccc21. The Hall–Kier alpha value is -1.31. The molecule has 0 saturated heterocycles. The average Bonchev–Trinajstić information content (AvgIpc) is 2.20. The molecule has 1 aliphatic carbocycles. The van der Waals surface area contributed by atoms with Crippen molar-refractivity contribution in [1.29, 1.82) is 0 Å². The van der Waals surface area contributed by atoms with Gasteiger partial charge in [-0.25, -0.2) is 0 Å². The molecule has 80 valence electrons. The van der Waals surface area contributed by atoms with E-state index in [-0.39, 0.29) is 0 Å². The number of hydrogen-bond donors (Lipinski definition) is 1. The van der Waals surface area contributed by atoms with Crippen molar-refractivity contribution in [3.63, 3.8) is 0 Å². The molecule has 1 aromatic carbocycles. The van der Waals surface area contributed by atoms with E-state index in [1.54, 1.807) is 0 Å². The minimum Gasteiger partial charge on any atom is -0.387 e. The second kappa shape index (κ2) is 4.47.